The van der Waals surface area contributed by atoms with Crippen molar-refractivity contribution in [1.82, 2.24) is 0 Å². The van der Waals surface area contributed by atoms with Crippen molar-refractivity contribution >= 4 is 12.0 Å². The first-order valence-corrected chi connectivity index (χ1v) is 10.2. The fourth-order valence-corrected chi connectivity index (χ4v) is 3.79. The molecule has 1 aliphatic heterocycles. The van der Waals surface area contributed by atoms with E-state index in [1.165, 1.54) is 0 Å². The number of hydrogen-bond donors (Lipinski definition) is 1. The lowest BCUT2D eigenvalue weighted by Gasteiger charge is -2.27. The molecule has 1 N–H and O–H groups in total. The fraction of sp³-hybridized carbons (Fsp3) is 0.652. The minimum absolute atomic E-state index is 0.0627. The molecule has 27 heavy (non-hydrogen) atoms. The summed E-state index contributed by atoms with van der Waals surface area (Å²) in [5, 5.41) is 9.71. The summed E-state index contributed by atoms with van der Waals surface area (Å²) in [5.41, 5.74) is 1.61. The van der Waals surface area contributed by atoms with Gasteiger partial charge < -0.3 is 9.84 Å². The number of ketones is 1. The molecule has 0 amide bonds. The first-order chi connectivity index (χ1) is 12.8. The zero-order valence-electron chi connectivity index (χ0n) is 17.3. The van der Waals surface area contributed by atoms with Crippen molar-refractivity contribution in [2.75, 3.05) is 6.54 Å². The number of ether oxygens (including phenoxy) is 1. The van der Waals surface area contributed by atoms with Crippen LogP contribution in [-0.4, -0.2) is 42.0 Å². The number of nitrogens with zero attached hydrogens (tertiary/aromatic N) is 1. The molecule has 150 valence electrons. The maximum Gasteiger partial charge on any atom is 0.164 e. The van der Waals surface area contributed by atoms with Crippen LogP contribution in [0, 0.1) is 5.41 Å². The quantitative estimate of drug-likeness (QED) is 0.475. The van der Waals surface area contributed by atoms with E-state index in [-0.39, 0.29) is 18.0 Å². The van der Waals surface area contributed by atoms with Crippen molar-refractivity contribution in [3.05, 3.63) is 35.5 Å². The van der Waals surface area contributed by atoms with Crippen LogP contribution in [0.4, 0.5) is 0 Å². The predicted octanol–water partition coefficient (Wildman–Crippen LogP) is 4.58. The van der Waals surface area contributed by atoms with Crippen molar-refractivity contribution in [3.63, 3.8) is 0 Å². The van der Waals surface area contributed by atoms with Gasteiger partial charge in [0.15, 0.2) is 5.78 Å². The lowest BCUT2D eigenvalue weighted by molar-refractivity contribution is -0.123. The van der Waals surface area contributed by atoms with E-state index in [9.17, 15) is 9.90 Å². The standard InChI is InChI=1S/C23H35NO3/c1-5-19(12-11-17(2)27-21-10-6-9-20(25)14-21)22(26)23(3,4)15-18-8-7-13-24-16-18/h5-6,8-9,16-17,20-21,25H,7,10-15H2,1-4H3/b19-5+. The molecule has 0 aromatic heterocycles. The third-order valence-electron chi connectivity index (χ3n) is 5.33. The van der Waals surface area contributed by atoms with Crippen LogP contribution in [-0.2, 0) is 9.53 Å². The van der Waals surface area contributed by atoms with E-state index in [2.05, 4.69) is 18.0 Å². The monoisotopic (exact) mass is 373 g/mol. The highest BCUT2D eigenvalue weighted by molar-refractivity contribution is 6.00. The Morgan fingerprint density at radius 3 is 2.89 bits per heavy atom. The molecule has 3 atom stereocenters. The summed E-state index contributed by atoms with van der Waals surface area (Å²) >= 11 is 0. The third-order valence-corrected chi connectivity index (χ3v) is 5.33. The number of carbonyl (C=O) groups is 1. The van der Waals surface area contributed by atoms with Crippen LogP contribution >= 0.6 is 0 Å². The van der Waals surface area contributed by atoms with Gasteiger partial charge in [-0.15, -0.1) is 0 Å². The van der Waals surface area contributed by atoms with Crippen LogP contribution < -0.4 is 0 Å². The molecule has 0 saturated carbocycles. The van der Waals surface area contributed by atoms with E-state index in [4.69, 9.17) is 4.74 Å². The Morgan fingerprint density at radius 1 is 1.48 bits per heavy atom. The van der Waals surface area contributed by atoms with Crippen molar-refractivity contribution in [3.8, 4) is 0 Å². The molecule has 0 bridgehead atoms. The highest BCUT2D eigenvalue weighted by atomic mass is 16.5. The lowest BCUT2D eigenvalue weighted by atomic mass is 9.77. The maximum atomic E-state index is 13.1. The zero-order chi connectivity index (χ0) is 19.9. The molecule has 0 saturated heterocycles. The highest BCUT2D eigenvalue weighted by Gasteiger charge is 2.31. The number of allylic oxidation sites excluding steroid dienone is 3. The molecule has 0 radical (unpaired) electrons. The van der Waals surface area contributed by atoms with Gasteiger partial charge in [0.1, 0.15) is 0 Å². The van der Waals surface area contributed by atoms with Crippen LogP contribution in [0.15, 0.2) is 40.4 Å². The number of aliphatic imine (C=N–C) groups is 1. The van der Waals surface area contributed by atoms with Crippen LogP contribution in [0.1, 0.15) is 66.2 Å². The van der Waals surface area contributed by atoms with Crippen molar-refractivity contribution in [2.45, 2.75) is 84.5 Å². The van der Waals surface area contributed by atoms with Crippen molar-refractivity contribution < 1.29 is 14.6 Å². The number of hydrogen-bond acceptors (Lipinski definition) is 4. The van der Waals surface area contributed by atoms with Crippen LogP contribution in [0.3, 0.4) is 0 Å². The third kappa shape index (κ3) is 6.86. The van der Waals surface area contributed by atoms with Gasteiger partial charge >= 0.3 is 0 Å². The Kier molecular flexibility index (Phi) is 8.18. The average molecular weight is 374 g/mol. The van der Waals surface area contributed by atoms with E-state index in [1.54, 1.807) is 0 Å². The Morgan fingerprint density at radius 2 is 2.26 bits per heavy atom. The molecule has 2 aliphatic rings. The van der Waals surface area contributed by atoms with Gasteiger partial charge in [-0.25, -0.2) is 0 Å². The topological polar surface area (TPSA) is 58.9 Å². The van der Waals surface area contributed by atoms with E-state index >= 15 is 0 Å². The molecular formula is C23H35NO3. The van der Waals surface area contributed by atoms with E-state index in [0.29, 0.717) is 6.42 Å². The highest BCUT2D eigenvalue weighted by Crippen LogP contribution is 2.31. The molecule has 0 aromatic carbocycles. The number of rotatable bonds is 9. The molecule has 1 aliphatic carbocycles. The summed E-state index contributed by atoms with van der Waals surface area (Å²) < 4.78 is 6.07. The molecule has 3 unspecified atom stereocenters. The van der Waals surface area contributed by atoms with Crippen molar-refractivity contribution in [1.29, 1.82) is 0 Å². The van der Waals surface area contributed by atoms with Gasteiger partial charge in [0, 0.05) is 24.6 Å². The maximum absolute atomic E-state index is 13.1. The second kappa shape index (κ2) is 10.1. The summed E-state index contributed by atoms with van der Waals surface area (Å²) in [6.45, 7) is 8.90. The first kappa shape index (κ1) is 21.8. The summed E-state index contributed by atoms with van der Waals surface area (Å²) in [4.78, 5) is 17.4. The van der Waals surface area contributed by atoms with Crippen molar-refractivity contribution in [2.24, 2.45) is 10.4 Å². The number of aliphatic hydroxyl groups excluding tert-OH is 1. The summed E-state index contributed by atoms with van der Waals surface area (Å²) in [6.07, 6.45) is 14.3. The molecule has 0 spiro atoms. The number of aliphatic hydroxyl groups is 1. The van der Waals surface area contributed by atoms with Gasteiger partial charge in [-0.1, -0.05) is 38.2 Å². The zero-order valence-corrected chi connectivity index (χ0v) is 17.3. The molecule has 0 aromatic rings. The summed E-state index contributed by atoms with van der Waals surface area (Å²) in [6, 6.07) is 0. The van der Waals surface area contributed by atoms with Gasteiger partial charge in [0.25, 0.3) is 0 Å². The minimum atomic E-state index is -0.431. The second-order valence-electron chi connectivity index (χ2n) is 8.38. The predicted molar refractivity (Wildman–Crippen MR) is 111 cm³/mol. The normalized spacial score (nSPS) is 24.6. The number of carbonyl (C=O) groups excluding carboxylic acids is 1. The van der Waals surface area contributed by atoms with Gasteiger partial charge in [0.05, 0.1) is 18.3 Å². The Bertz CT molecular complexity index is 628. The van der Waals surface area contributed by atoms with Crippen LogP contribution in [0.2, 0.25) is 0 Å². The lowest BCUT2D eigenvalue weighted by Crippen LogP contribution is -2.28. The molecule has 0 fully saturated rings. The minimum Gasteiger partial charge on any atom is -0.389 e. The molecule has 1 heterocycles. The number of dihydropyridines is 1. The smallest absolute Gasteiger partial charge is 0.164 e. The number of Topliss-reactive ketones (excluding diaryl/α,β-unsaturated/α-hetero) is 1. The molecule has 2 rings (SSSR count). The van der Waals surface area contributed by atoms with E-state index in [1.807, 2.05) is 45.2 Å². The van der Waals surface area contributed by atoms with Gasteiger partial charge in [0.2, 0.25) is 0 Å². The van der Waals surface area contributed by atoms with Crippen LogP contribution in [0.5, 0.6) is 0 Å². The van der Waals surface area contributed by atoms with Gasteiger partial charge in [-0.05, 0) is 57.1 Å². The SMILES string of the molecule is C/C=C(\CCC(C)OC1CC=CC(O)C1)C(=O)C(C)(C)CC1=CCCN=C1. The Labute approximate surface area is 164 Å². The second-order valence-corrected chi connectivity index (χ2v) is 8.38. The van der Waals surface area contributed by atoms with Crippen LogP contribution in [0.25, 0.3) is 0 Å². The average Bonchev–Trinajstić information content (AvgIpc) is 2.62. The molecule has 4 heteroatoms. The molecule has 4 nitrogen and oxygen atoms in total. The van der Waals surface area contributed by atoms with Gasteiger partial charge in [-0.2, -0.15) is 0 Å². The Hall–Kier alpha value is -1.52. The van der Waals surface area contributed by atoms with E-state index < -0.39 is 11.5 Å². The summed E-state index contributed by atoms with van der Waals surface area (Å²) in [7, 11) is 0. The van der Waals surface area contributed by atoms with Gasteiger partial charge in [-0.3, -0.25) is 9.79 Å². The fourth-order valence-electron chi connectivity index (χ4n) is 3.79. The van der Waals surface area contributed by atoms with E-state index in [0.717, 1.165) is 49.8 Å². The summed E-state index contributed by atoms with van der Waals surface area (Å²) in [5.74, 6) is 0.216. The largest absolute Gasteiger partial charge is 0.389 e. The molecular weight excluding hydrogens is 338 g/mol. The Balaban J connectivity index is 1.86. The first-order valence-electron chi connectivity index (χ1n) is 10.2.